The highest BCUT2D eigenvalue weighted by Crippen LogP contribution is 2.06. The summed E-state index contributed by atoms with van der Waals surface area (Å²) in [4.78, 5) is 17.4. The van der Waals surface area contributed by atoms with Gasteiger partial charge in [0.05, 0.1) is 6.54 Å². The van der Waals surface area contributed by atoms with Crippen LogP contribution in [-0.2, 0) is 11.3 Å². The van der Waals surface area contributed by atoms with Crippen molar-refractivity contribution in [2.45, 2.75) is 26.4 Å². The van der Waals surface area contributed by atoms with Crippen LogP contribution in [0.4, 0.5) is 0 Å². The van der Waals surface area contributed by atoms with Crippen molar-refractivity contribution in [2.24, 2.45) is 0 Å². The molecule has 1 aromatic heterocycles. The molecule has 1 heterocycles. The van der Waals surface area contributed by atoms with Gasteiger partial charge in [0.25, 0.3) is 0 Å². The van der Waals surface area contributed by atoms with E-state index in [0.29, 0.717) is 18.8 Å². The Hall–Kier alpha value is -1.93. The summed E-state index contributed by atoms with van der Waals surface area (Å²) in [5.41, 5.74) is 1.24. The Morgan fingerprint density at radius 1 is 1.61 bits per heavy atom. The summed E-state index contributed by atoms with van der Waals surface area (Å²) in [5, 5.41) is 11.7. The summed E-state index contributed by atoms with van der Waals surface area (Å²) in [5.74, 6) is -0.0186. The molecular weight excluding hydrogens is 228 g/mol. The fraction of sp³-hybridized carbons (Fsp3) is 0.462. The third kappa shape index (κ3) is 4.52. The summed E-state index contributed by atoms with van der Waals surface area (Å²) in [6.07, 6.45) is 1.59. The molecule has 1 amide bonds. The van der Waals surface area contributed by atoms with Crippen LogP contribution in [0.25, 0.3) is 0 Å². The molecule has 96 valence electrons. The van der Waals surface area contributed by atoms with Crippen molar-refractivity contribution in [3.05, 3.63) is 29.6 Å². The number of hydrogen-bond donors (Lipinski definition) is 1. The Kier molecular flexibility index (Phi) is 5.28. The van der Waals surface area contributed by atoms with Crippen molar-refractivity contribution < 1.29 is 4.79 Å². The van der Waals surface area contributed by atoms with Crippen LogP contribution in [-0.4, -0.2) is 35.4 Å². The van der Waals surface area contributed by atoms with Crippen molar-refractivity contribution >= 4 is 5.91 Å². The van der Waals surface area contributed by atoms with E-state index in [1.165, 1.54) is 0 Å². The van der Waals surface area contributed by atoms with Crippen molar-refractivity contribution in [1.82, 2.24) is 15.2 Å². The Labute approximate surface area is 107 Å². The van der Waals surface area contributed by atoms with Crippen molar-refractivity contribution in [3.63, 3.8) is 0 Å². The number of aromatic nitrogens is 1. The third-order valence-electron chi connectivity index (χ3n) is 2.30. The lowest BCUT2D eigenvalue weighted by molar-refractivity contribution is -0.122. The fourth-order valence-corrected chi connectivity index (χ4v) is 1.63. The highest BCUT2D eigenvalue weighted by molar-refractivity contribution is 5.78. The topological polar surface area (TPSA) is 69.0 Å². The van der Waals surface area contributed by atoms with E-state index in [1.54, 1.807) is 12.3 Å². The van der Waals surface area contributed by atoms with Crippen LogP contribution >= 0.6 is 0 Å². The predicted molar refractivity (Wildman–Crippen MR) is 68.6 cm³/mol. The van der Waals surface area contributed by atoms with Gasteiger partial charge in [-0.2, -0.15) is 5.26 Å². The number of amides is 1. The predicted octanol–water partition coefficient (Wildman–Crippen LogP) is 0.910. The number of nitrogens with one attached hydrogen (secondary N) is 1. The van der Waals surface area contributed by atoms with Gasteiger partial charge in [0.1, 0.15) is 11.8 Å². The van der Waals surface area contributed by atoms with Gasteiger partial charge in [-0.25, -0.2) is 4.98 Å². The number of carbonyl (C=O) groups excluding carboxylic acids is 1. The van der Waals surface area contributed by atoms with Crippen molar-refractivity contribution in [2.75, 3.05) is 13.6 Å². The van der Waals surface area contributed by atoms with Gasteiger partial charge >= 0.3 is 0 Å². The first-order valence-corrected chi connectivity index (χ1v) is 5.85. The fourth-order valence-electron chi connectivity index (χ4n) is 1.63. The van der Waals surface area contributed by atoms with Crippen LogP contribution in [0.5, 0.6) is 0 Å². The number of rotatable bonds is 5. The zero-order valence-corrected chi connectivity index (χ0v) is 11.0. The molecule has 0 atom stereocenters. The van der Waals surface area contributed by atoms with Crippen LogP contribution < -0.4 is 5.32 Å². The molecule has 1 rings (SSSR count). The Morgan fingerprint density at radius 3 is 2.94 bits per heavy atom. The molecule has 0 bridgehead atoms. The molecule has 0 saturated carbocycles. The number of pyridine rings is 1. The number of hydrogen-bond acceptors (Lipinski definition) is 4. The molecule has 5 heteroatoms. The molecule has 0 spiro atoms. The Bertz CT molecular complexity index is 451. The van der Waals surface area contributed by atoms with Gasteiger partial charge in [-0.15, -0.1) is 0 Å². The summed E-state index contributed by atoms with van der Waals surface area (Å²) in [7, 11) is 1.84. The summed E-state index contributed by atoms with van der Waals surface area (Å²) >= 11 is 0. The van der Waals surface area contributed by atoms with E-state index in [9.17, 15) is 4.79 Å². The summed E-state index contributed by atoms with van der Waals surface area (Å²) in [6, 6.07) is 5.83. The molecule has 0 fully saturated rings. The van der Waals surface area contributed by atoms with Crippen molar-refractivity contribution in [1.29, 1.82) is 5.26 Å². The van der Waals surface area contributed by atoms with Gasteiger partial charge in [-0.1, -0.05) is 6.07 Å². The zero-order chi connectivity index (χ0) is 13.5. The van der Waals surface area contributed by atoms with Crippen LogP contribution in [0.15, 0.2) is 18.3 Å². The largest absolute Gasteiger partial charge is 0.353 e. The maximum absolute atomic E-state index is 11.6. The molecule has 0 saturated heterocycles. The standard InChI is InChI=1S/C13H18N4O/c1-10(2)16-13(18)9-17(3)8-11-5-4-6-15-12(11)7-14/h4-6,10H,8-9H2,1-3H3,(H,16,18). The normalized spacial score (nSPS) is 10.4. The van der Waals surface area contributed by atoms with Crippen LogP contribution in [0.1, 0.15) is 25.1 Å². The summed E-state index contributed by atoms with van der Waals surface area (Å²) < 4.78 is 0. The SMILES string of the molecule is CC(C)NC(=O)CN(C)Cc1cccnc1C#N. The molecule has 0 aliphatic heterocycles. The van der Waals surface area contributed by atoms with Gasteiger partial charge in [0.15, 0.2) is 0 Å². The van der Waals surface area contributed by atoms with Crippen LogP contribution in [0.2, 0.25) is 0 Å². The number of nitrogens with zero attached hydrogens (tertiary/aromatic N) is 3. The minimum atomic E-state index is -0.0186. The van der Waals surface area contributed by atoms with Crippen LogP contribution in [0, 0.1) is 11.3 Å². The average molecular weight is 246 g/mol. The molecule has 5 nitrogen and oxygen atoms in total. The molecule has 0 aliphatic carbocycles. The van der Waals surface area contributed by atoms with Crippen LogP contribution in [0.3, 0.4) is 0 Å². The number of carbonyl (C=O) groups is 1. The highest BCUT2D eigenvalue weighted by Gasteiger charge is 2.10. The first kappa shape index (κ1) is 14.1. The van der Waals surface area contributed by atoms with E-state index in [-0.39, 0.29) is 11.9 Å². The second-order valence-corrected chi connectivity index (χ2v) is 4.52. The third-order valence-corrected chi connectivity index (χ3v) is 2.30. The van der Waals surface area contributed by atoms with E-state index in [0.717, 1.165) is 5.56 Å². The zero-order valence-electron chi connectivity index (χ0n) is 11.0. The monoisotopic (exact) mass is 246 g/mol. The van der Waals surface area contributed by atoms with Gasteiger partial charge in [0.2, 0.25) is 5.91 Å². The quantitative estimate of drug-likeness (QED) is 0.838. The average Bonchev–Trinajstić information content (AvgIpc) is 2.28. The highest BCUT2D eigenvalue weighted by atomic mass is 16.2. The first-order chi connectivity index (χ1) is 8.52. The molecular formula is C13H18N4O. The van der Waals surface area contributed by atoms with E-state index in [4.69, 9.17) is 5.26 Å². The van der Waals surface area contributed by atoms with Crippen molar-refractivity contribution in [3.8, 4) is 6.07 Å². The van der Waals surface area contributed by atoms with E-state index in [2.05, 4.69) is 10.3 Å². The molecule has 1 aromatic rings. The second-order valence-electron chi connectivity index (χ2n) is 4.52. The Balaban J connectivity index is 2.57. The maximum Gasteiger partial charge on any atom is 0.234 e. The van der Waals surface area contributed by atoms with E-state index in [1.807, 2.05) is 37.9 Å². The lowest BCUT2D eigenvalue weighted by Gasteiger charge is -2.17. The lowest BCUT2D eigenvalue weighted by atomic mass is 10.2. The summed E-state index contributed by atoms with van der Waals surface area (Å²) in [6.45, 7) is 4.68. The van der Waals surface area contributed by atoms with Gasteiger partial charge in [-0.3, -0.25) is 9.69 Å². The molecule has 1 N–H and O–H groups in total. The number of likely N-dealkylation sites (N-methyl/N-ethyl adjacent to an activating group) is 1. The van der Waals surface area contributed by atoms with Gasteiger partial charge in [0, 0.05) is 24.3 Å². The molecule has 0 aliphatic rings. The minimum Gasteiger partial charge on any atom is -0.353 e. The van der Waals surface area contributed by atoms with Gasteiger partial charge < -0.3 is 5.32 Å². The number of nitriles is 1. The van der Waals surface area contributed by atoms with E-state index < -0.39 is 0 Å². The molecule has 0 aromatic carbocycles. The lowest BCUT2D eigenvalue weighted by Crippen LogP contribution is -2.38. The molecule has 0 unspecified atom stereocenters. The van der Waals surface area contributed by atoms with E-state index >= 15 is 0 Å². The maximum atomic E-state index is 11.6. The molecule has 0 radical (unpaired) electrons. The smallest absolute Gasteiger partial charge is 0.234 e. The minimum absolute atomic E-state index is 0.0186. The first-order valence-electron chi connectivity index (χ1n) is 5.85. The second kappa shape index (κ2) is 6.72. The molecule has 18 heavy (non-hydrogen) atoms. The van der Waals surface area contributed by atoms with Gasteiger partial charge in [-0.05, 0) is 27.0 Å². The Morgan fingerprint density at radius 2 is 2.33 bits per heavy atom.